The number of aromatic amines is 1. The number of carbonyl (C=O) groups excluding carboxylic acids is 1. The highest BCUT2D eigenvalue weighted by molar-refractivity contribution is 6.21. The van der Waals surface area contributed by atoms with Crippen molar-refractivity contribution in [3.05, 3.63) is 90.0 Å². The van der Waals surface area contributed by atoms with Gasteiger partial charge in [0, 0.05) is 29.2 Å². The van der Waals surface area contributed by atoms with Crippen LogP contribution in [0.5, 0.6) is 5.88 Å². The van der Waals surface area contributed by atoms with E-state index in [9.17, 15) is 9.90 Å². The van der Waals surface area contributed by atoms with Gasteiger partial charge in [-0.15, -0.1) is 0 Å². The average molecular weight is 455 g/mol. The molecule has 0 fully saturated rings. The minimum atomic E-state index is 0.0497. The third-order valence-corrected chi connectivity index (χ3v) is 6.08. The van der Waals surface area contributed by atoms with Crippen LogP contribution < -0.4 is 4.90 Å². The molecule has 0 atom stereocenters. The number of amides is 1. The van der Waals surface area contributed by atoms with Crippen molar-refractivity contribution >= 4 is 33.9 Å². The van der Waals surface area contributed by atoms with Crippen LogP contribution in [0.1, 0.15) is 25.0 Å². The van der Waals surface area contributed by atoms with Crippen molar-refractivity contribution in [3.63, 3.8) is 0 Å². The van der Waals surface area contributed by atoms with Gasteiger partial charge in [-0.2, -0.15) is 0 Å². The summed E-state index contributed by atoms with van der Waals surface area (Å²) in [6.07, 6.45) is 0. The Morgan fingerprint density at radius 2 is 1.56 bits per heavy atom. The first-order valence-electron chi connectivity index (χ1n) is 11.5. The molecule has 2 N–H and O–H groups in total. The minimum Gasteiger partial charge on any atom is -0.494 e. The molecule has 6 heteroatoms. The van der Waals surface area contributed by atoms with Crippen molar-refractivity contribution in [2.45, 2.75) is 13.8 Å². The van der Waals surface area contributed by atoms with Crippen LogP contribution in [0.3, 0.4) is 0 Å². The van der Waals surface area contributed by atoms with E-state index in [1.54, 1.807) is 11.9 Å². The summed E-state index contributed by atoms with van der Waals surface area (Å²) in [6, 6.07) is 25.2. The number of benzene rings is 3. The van der Waals surface area contributed by atoms with E-state index in [0.717, 1.165) is 40.9 Å². The van der Waals surface area contributed by atoms with Gasteiger partial charge in [-0.3, -0.25) is 9.69 Å². The molecule has 1 aromatic heterocycles. The molecule has 0 aliphatic carbocycles. The number of hydrogen-bond donors (Lipinski definition) is 2. The summed E-state index contributed by atoms with van der Waals surface area (Å²) in [5.41, 5.74) is 4.64. The summed E-state index contributed by atoms with van der Waals surface area (Å²) in [5, 5.41) is 11.7. The first kappa shape index (κ1) is 23.3. The molecule has 0 aliphatic rings. The Hall–Kier alpha value is -3.90. The number of H-pyrrole nitrogens is 1. The third kappa shape index (κ3) is 4.87. The third-order valence-electron chi connectivity index (χ3n) is 6.08. The number of carbonyl (C=O) groups is 1. The van der Waals surface area contributed by atoms with Crippen LogP contribution in [-0.2, 0) is 4.79 Å². The summed E-state index contributed by atoms with van der Waals surface area (Å²) in [4.78, 5) is 24.4. The van der Waals surface area contributed by atoms with Gasteiger partial charge in [0.2, 0.25) is 5.91 Å². The van der Waals surface area contributed by atoms with E-state index in [1.807, 2.05) is 78.9 Å². The van der Waals surface area contributed by atoms with Crippen LogP contribution in [0, 0.1) is 0 Å². The first-order valence-corrected chi connectivity index (χ1v) is 11.5. The number of para-hydroxylation sites is 1. The quantitative estimate of drug-likeness (QED) is 0.353. The molecule has 0 bridgehead atoms. The van der Waals surface area contributed by atoms with E-state index in [4.69, 9.17) is 4.99 Å². The summed E-state index contributed by atoms with van der Waals surface area (Å²) in [6.45, 7) is 6.18. The maximum absolute atomic E-state index is 12.7. The van der Waals surface area contributed by atoms with Crippen LogP contribution in [-0.4, -0.2) is 53.3 Å². The molecular formula is C28H30N4O2. The SMILES string of the molecule is CCN(CC)CC(=O)N(C)c1ccc(N=C(c2ccccc2)c2c(O)[nH]c3ccccc23)cc1. The number of aromatic hydroxyl groups is 1. The fraction of sp³-hybridized carbons (Fsp3) is 0.214. The Morgan fingerprint density at radius 1 is 0.912 bits per heavy atom. The van der Waals surface area contributed by atoms with Crippen LogP contribution in [0.4, 0.5) is 11.4 Å². The Balaban J connectivity index is 1.69. The lowest BCUT2D eigenvalue weighted by atomic mass is 10.0. The van der Waals surface area contributed by atoms with Crippen molar-refractivity contribution in [3.8, 4) is 5.88 Å². The van der Waals surface area contributed by atoms with Gasteiger partial charge in [-0.1, -0.05) is 62.4 Å². The number of nitrogens with zero attached hydrogens (tertiary/aromatic N) is 3. The molecule has 0 saturated carbocycles. The molecule has 0 saturated heterocycles. The van der Waals surface area contributed by atoms with E-state index < -0.39 is 0 Å². The predicted molar refractivity (Wildman–Crippen MR) is 139 cm³/mol. The number of rotatable bonds is 8. The fourth-order valence-electron chi connectivity index (χ4n) is 4.00. The zero-order valence-electron chi connectivity index (χ0n) is 19.8. The standard InChI is InChI=1S/C28H30N4O2/c1-4-32(5-2)19-25(33)31(3)22-17-15-21(16-18-22)29-27(20-11-7-6-8-12-20)26-23-13-9-10-14-24(23)30-28(26)34/h6-18,30,34H,4-5,19H2,1-3H3. The lowest BCUT2D eigenvalue weighted by molar-refractivity contribution is -0.119. The predicted octanol–water partition coefficient (Wildman–Crippen LogP) is 5.35. The lowest BCUT2D eigenvalue weighted by Crippen LogP contribution is -2.38. The fourth-order valence-corrected chi connectivity index (χ4v) is 4.00. The largest absolute Gasteiger partial charge is 0.494 e. The van der Waals surface area contributed by atoms with Gasteiger partial charge in [0.15, 0.2) is 5.88 Å². The topological polar surface area (TPSA) is 71.9 Å². The van der Waals surface area contributed by atoms with E-state index in [2.05, 4.69) is 23.7 Å². The van der Waals surface area contributed by atoms with Crippen molar-refractivity contribution in [2.24, 2.45) is 4.99 Å². The minimum absolute atomic E-state index is 0.0497. The number of aromatic nitrogens is 1. The molecular weight excluding hydrogens is 424 g/mol. The van der Waals surface area contributed by atoms with Crippen molar-refractivity contribution in [2.75, 3.05) is 31.6 Å². The van der Waals surface area contributed by atoms with E-state index >= 15 is 0 Å². The van der Waals surface area contributed by atoms with Crippen LogP contribution >= 0.6 is 0 Å². The molecule has 1 heterocycles. The molecule has 6 nitrogen and oxygen atoms in total. The van der Waals surface area contributed by atoms with E-state index in [0.29, 0.717) is 17.8 Å². The Bertz CT molecular complexity index is 1290. The van der Waals surface area contributed by atoms with Crippen molar-refractivity contribution in [1.29, 1.82) is 0 Å². The van der Waals surface area contributed by atoms with Gasteiger partial charge in [-0.25, -0.2) is 4.99 Å². The van der Waals surface area contributed by atoms with Gasteiger partial charge >= 0.3 is 0 Å². The zero-order valence-corrected chi connectivity index (χ0v) is 19.8. The molecule has 1 amide bonds. The average Bonchev–Trinajstić information content (AvgIpc) is 3.21. The molecule has 0 spiro atoms. The molecule has 4 aromatic rings. The second-order valence-electron chi connectivity index (χ2n) is 8.15. The molecule has 34 heavy (non-hydrogen) atoms. The van der Waals surface area contributed by atoms with E-state index in [-0.39, 0.29) is 11.8 Å². The monoisotopic (exact) mass is 454 g/mol. The number of nitrogens with one attached hydrogen (secondary N) is 1. The van der Waals surface area contributed by atoms with Gasteiger partial charge in [0.05, 0.1) is 23.5 Å². The van der Waals surface area contributed by atoms with Gasteiger partial charge in [0.25, 0.3) is 0 Å². The van der Waals surface area contributed by atoms with Crippen LogP contribution in [0.15, 0.2) is 83.9 Å². The van der Waals surface area contributed by atoms with Crippen molar-refractivity contribution in [1.82, 2.24) is 9.88 Å². The number of likely N-dealkylation sites (N-methyl/N-ethyl adjacent to an activating group) is 2. The van der Waals surface area contributed by atoms with Gasteiger partial charge in [-0.05, 0) is 43.4 Å². The molecule has 0 unspecified atom stereocenters. The van der Waals surface area contributed by atoms with Gasteiger partial charge in [0.1, 0.15) is 0 Å². The summed E-state index contributed by atoms with van der Waals surface area (Å²) < 4.78 is 0. The molecule has 0 radical (unpaired) electrons. The second-order valence-corrected chi connectivity index (χ2v) is 8.15. The summed E-state index contributed by atoms with van der Waals surface area (Å²) >= 11 is 0. The van der Waals surface area contributed by atoms with E-state index in [1.165, 1.54) is 0 Å². The zero-order chi connectivity index (χ0) is 24.1. The number of hydrogen-bond acceptors (Lipinski definition) is 4. The summed E-state index contributed by atoms with van der Waals surface area (Å²) in [7, 11) is 1.80. The number of fused-ring (bicyclic) bond motifs is 1. The number of anilines is 1. The Kier molecular flexibility index (Phi) is 7.09. The smallest absolute Gasteiger partial charge is 0.240 e. The van der Waals surface area contributed by atoms with Gasteiger partial charge < -0.3 is 15.0 Å². The second kappa shape index (κ2) is 10.4. The highest BCUT2D eigenvalue weighted by atomic mass is 16.3. The highest BCUT2D eigenvalue weighted by Crippen LogP contribution is 2.31. The summed E-state index contributed by atoms with van der Waals surface area (Å²) in [5.74, 6) is 0.135. The van der Waals surface area contributed by atoms with Crippen LogP contribution in [0.2, 0.25) is 0 Å². The highest BCUT2D eigenvalue weighted by Gasteiger charge is 2.18. The molecule has 0 aliphatic heterocycles. The Morgan fingerprint density at radius 3 is 2.24 bits per heavy atom. The molecule has 4 rings (SSSR count). The number of aliphatic imine (C=N–C) groups is 1. The lowest BCUT2D eigenvalue weighted by Gasteiger charge is -2.23. The molecule has 3 aromatic carbocycles. The maximum atomic E-state index is 12.7. The van der Waals surface area contributed by atoms with Crippen molar-refractivity contribution < 1.29 is 9.90 Å². The molecule has 174 valence electrons. The van der Waals surface area contributed by atoms with Crippen LogP contribution in [0.25, 0.3) is 10.9 Å². The Labute approximate surface area is 200 Å². The first-order chi connectivity index (χ1) is 16.5. The normalized spacial score (nSPS) is 11.8. The maximum Gasteiger partial charge on any atom is 0.240 e.